The number of nitrogens with zero attached hydrogens (tertiary/aromatic N) is 2. The summed E-state index contributed by atoms with van der Waals surface area (Å²) in [6.07, 6.45) is 5.46. The first kappa shape index (κ1) is 27.1. The number of imide groups is 1. The summed E-state index contributed by atoms with van der Waals surface area (Å²) in [5.41, 5.74) is 4.16. The normalized spacial score (nSPS) is 26.1. The molecule has 7 nitrogen and oxygen atoms in total. The summed E-state index contributed by atoms with van der Waals surface area (Å²) in [6.45, 7) is 1.55. The minimum Gasteiger partial charge on any atom is -0.454 e. The van der Waals surface area contributed by atoms with Crippen molar-refractivity contribution in [2.24, 2.45) is 35.5 Å². The van der Waals surface area contributed by atoms with Crippen molar-refractivity contribution in [3.05, 3.63) is 106 Å². The molecule has 2 saturated carbocycles. The average Bonchev–Trinajstić information content (AvgIpc) is 3.82. The van der Waals surface area contributed by atoms with Crippen LogP contribution in [0.4, 0.5) is 5.69 Å². The molecule has 8 heteroatoms. The Labute approximate surface area is 262 Å². The number of aryl methyl sites for hydroxylation is 1. The molecule has 218 valence electrons. The van der Waals surface area contributed by atoms with E-state index >= 15 is 0 Å². The van der Waals surface area contributed by atoms with Gasteiger partial charge in [-0.05, 0) is 73.4 Å². The van der Waals surface area contributed by atoms with Crippen LogP contribution >= 0.6 is 15.9 Å². The zero-order valence-corrected chi connectivity index (χ0v) is 25.4. The highest BCUT2D eigenvalue weighted by Gasteiger charge is 2.67. The monoisotopic (exact) mass is 646 g/mol. The number of aromatic nitrogens is 1. The van der Waals surface area contributed by atoms with Crippen LogP contribution in [-0.4, -0.2) is 35.2 Å². The number of rotatable bonds is 6. The lowest BCUT2D eigenvalue weighted by Crippen LogP contribution is -2.40. The molecule has 2 bridgehead atoms. The van der Waals surface area contributed by atoms with Crippen LogP contribution < -0.4 is 4.90 Å². The van der Waals surface area contributed by atoms with Gasteiger partial charge in [0.2, 0.25) is 11.8 Å². The maximum atomic E-state index is 13.5. The van der Waals surface area contributed by atoms with Gasteiger partial charge in [0, 0.05) is 21.0 Å². The number of ether oxygens (including phenoxy) is 1. The second kappa shape index (κ2) is 10.1. The fraction of sp³-hybridized carbons (Fsp3) is 0.250. The third-order valence-corrected chi connectivity index (χ3v) is 10.3. The summed E-state index contributed by atoms with van der Waals surface area (Å²) >= 11 is 3.47. The number of carbonyl (C=O) groups excluding carboxylic acids is 4. The number of fused-ring (bicyclic) bond motifs is 1. The van der Waals surface area contributed by atoms with Crippen LogP contribution in [0.1, 0.15) is 32.7 Å². The lowest BCUT2D eigenvalue weighted by molar-refractivity contribution is -0.124. The van der Waals surface area contributed by atoms with E-state index in [0.29, 0.717) is 45.2 Å². The highest BCUT2D eigenvalue weighted by Crippen LogP contribution is 2.65. The van der Waals surface area contributed by atoms with E-state index < -0.39 is 5.97 Å². The first-order chi connectivity index (χ1) is 21.3. The van der Waals surface area contributed by atoms with Crippen LogP contribution in [0.5, 0.6) is 0 Å². The number of pyridine rings is 1. The Balaban J connectivity index is 1.07. The third kappa shape index (κ3) is 4.26. The topological polar surface area (TPSA) is 93.6 Å². The van der Waals surface area contributed by atoms with Gasteiger partial charge >= 0.3 is 5.97 Å². The molecule has 1 aromatic heterocycles. The number of ketones is 1. The molecular weight excluding hydrogens is 620 g/mol. The lowest BCUT2D eigenvalue weighted by Gasteiger charge is -2.37. The SMILES string of the molecule is Cc1ccc(C(=O)COC(=O)c2cc(-c3ccc(N4C(=O)C5C6C=CC(C7CC67)C5C4=O)cc3)nc3ccc(Br)cc23)cc1. The fourth-order valence-corrected chi connectivity index (χ4v) is 7.90. The van der Waals surface area contributed by atoms with Crippen molar-refractivity contribution >= 4 is 56.1 Å². The summed E-state index contributed by atoms with van der Waals surface area (Å²) in [5.74, 6) is -0.202. The minimum atomic E-state index is -0.633. The number of Topliss-reactive ketones (excluding diaryl/α,β-unsaturated/α-hetero) is 1. The lowest BCUT2D eigenvalue weighted by atomic mass is 9.63. The van der Waals surface area contributed by atoms with E-state index in [1.54, 1.807) is 36.4 Å². The second-order valence-corrected chi connectivity index (χ2v) is 13.2. The zero-order chi connectivity index (χ0) is 30.3. The molecule has 4 aliphatic carbocycles. The first-order valence-electron chi connectivity index (χ1n) is 14.8. The summed E-state index contributed by atoms with van der Waals surface area (Å²) in [6, 6.07) is 21.4. The van der Waals surface area contributed by atoms with E-state index in [9.17, 15) is 19.2 Å². The molecule has 44 heavy (non-hydrogen) atoms. The molecular formula is C36H27BrN2O5. The molecule has 2 heterocycles. The molecule has 6 unspecified atom stereocenters. The largest absolute Gasteiger partial charge is 0.454 e. The number of amides is 2. The second-order valence-electron chi connectivity index (χ2n) is 12.3. The predicted molar refractivity (Wildman–Crippen MR) is 168 cm³/mol. The van der Waals surface area contributed by atoms with Gasteiger partial charge in [0.05, 0.1) is 34.3 Å². The van der Waals surface area contributed by atoms with Crippen molar-refractivity contribution in [3.8, 4) is 11.3 Å². The summed E-state index contributed by atoms with van der Waals surface area (Å²) in [7, 11) is 0. The number of benzene rings is 3. The Morgan fingerprint density at radius 2 is 1.55 bits per heavy atom. The van der Waals surface area contributed by atoms with Gasteiger partial charge in [-0.2, -0.15) is 0 Å². The van der Waals surface area contributed by atoms with Crippen LogP contribution in [0.2, 0.25) is 0 Å². The van der Waals surface area contributed by atoms with Gasteiger partial charge in [0.25, 0.3) is 0 Å². The zero-order valence-electron chi connectivity index (χ0n) is 23.8. The standard InChI is InChI=1S/C36H27BrN2O5/c1-18-2-4-20(5-3-18)31(40)17-44-36(43)28-16-30(38-29-13-8-21(37)14-27(28)29)19-6-9-22(10-7-19)39-34(41)32-23-11-12-24(26-15-25(23)26)33(32)35(39)42/h2-14,16,23-26,32-33H,15,17H2,1H3. The first-order valence-corrected chi connectivity index (χ1v) is 15.6. The van der Waals surface area contributed by atoms with E-state index in [1.807, 2.05) is 43.3 Å². The van der Waals surface area contributed by atoms with Crippen molar-refractivity contribution in [2.75, 3.05) is 11.5 Å². The third-order valence-electron chi connectivity index (χ3n) is 9.78. The smallest absolute Gasteiger partial charge is 0.339 e. The van der Waals surface area contributed by atoms with Gasteiger partial charge in [-0.15, -0.1) is 0 Å². The van der Waals surface area contributed by atoms with E-state index in [2.05, 4.69) is 28.1 Å². The highest BCUT2D eigenvalue weighted by atomic mass is 79.9. The van der Waals surface area contributed by atoms with Crippen molar-refractivity contribution in [1.29, 1.82) is 0 Å². The number of allylic oxidation sites excluding steroid dienone is 2. The Bertz CT molecular complexity index is 1900. The van der Waals surface area contributed by atoms with Gasteiger partial charge in [0.1, 0.15) is 0 Å². The number of anilines is 1. The van der Waals surface area contributed by atoms with E-state index in [1.165, 1.54) is 4.90 Å². The molecule has 0 radical (unpaired) electrons. The summed E-state index contributed by atoms with van der Waals surface area (Å²) < 4.78 is 6.26. The Morgan fingerprint density at radius 1 is 0.886 bits per heavy atom. The van der Waals surface area contributed by atoms with Crippen molar-refractivity contribution in [1.82, 2.24) is 4.98 Å². The summed E-state index contributed by atoms with van der Waals surface area (Å²) in [4.78, 5) is 59.3. The van der Waals surface area contributed by atoms with E-state index in [0.717, 1.165) is 16.5 Å². The molecule has 3 fully saturated rings. The molecule has 0 N–H and O–H groups in total. The van der Waals surface area contributed by atoms with Crippen molar-refractivity contribution < 1.29 is 23.9 Å². The quantitative estimate of drug-likeness (QED) is 0.102. The molecule has 2 amide bonds. The summed E-state index contributed by atoms with van der Waals surface area (Å²) in [5, 5.41) is 0.588. The highest BCUT2D eigenvalue weighted by molar-refractivity contribution is 9.10. The molecule has 0 spiro atoms. The van der Waals surface area contributed by atoms with Crippen LogP contribution in [-0.2, 0) is 14.3 Å². The molecule has 1 saturated heterocycles. The van der Waals surface area contributed by atoms with Gasteiger partial charge in [-0.1, -0.05) is 70.0 Å². The minimum absolute atomic E-state index is 0.0999. The molecule has 4 aromatic rings. The van der Waals surface area contributed by atoms with Gasteiger partial charge in [0.15, 0.2) is 12.4 Å². The maximum absolute atomic E-state index is 13.5. The van der Waals surface area contributed by atoms with Crippen LogP contribution in [0, 0.1) is 42.4 Å². The molecule has 3 aromatic carbocycles. The number of hydrogen-bond acceptors (Lipinski definition) is 6. The fourth-order valence-electron chi connectivity index (χ4n) is 7.54. The van der Waals surface area contributed by atoms with Crippen LogP contribution in [0.25, 0.3) is 22.2 Å². The molecule has 5 aliphatic rings. The number of hydrogen-bond donors (Lipinski definition) is 0. The Morgan fingerprint density at radius 3 is 2.20 bits per heavy atom. The number of esters is 1. The molecule has 1 aliphatic heterocycles. The van der Waals surface area contributed by atoms with E-state index in [-0.39, 0.29) is 53.4 Å². The number of halogens is 1. The van der Waals surface area contributed by atoms with Gasteiger partial charge in [-0.25, -0.2) is 9.78 Å². The maximum Gasteiger partial charge on any atom is 0.339 e. The predicted octanol–water partition coefficient (Wildman–Crippen LogP) is 6.57. The van der Waals surface area contributed by atoms with Crippen molar-refractivity contribution in [3.63, 3.8) is 0 Å². The Hall–Kier alpha value is -4.43. The average molecular weight is 648 g/mol. The number of carbonyl (C=O) groups is 4. The Kier molecular flexibility index (Phi) is 6.20. The van der Waals surface area contributed by atoms with Gasteiger partial charge in [-0.3, -0.25) is 19.3 Å². The van der Waals surface area contributed by atoms with E-state index in [4.69, 9.17) is 9.72 Å². The molecule has 9 rings (SSSR count). The van der Waals surface area contributed by atoms with Gasteiger partial charge < -0.3 is 4.74 Å². The van der Waals surface area contributed by atoms with Crippen molar-refractivity contribution in [2.45, 2.75) is 13.3 Å². The van der Waals surface area contributed by atoms with Crippen LogP contribution in [0.3, 0.4) is 0 Å². The molecule has 6 atom stereocenters. The van der Waals surface area contributed by atoms with Crippen LogP contribution in [0.15, 0.2) is 89.4 Å².